The molecule has 0 aromatic heterocycles. The average molecular weight is 1080 g/mol. The Labute approximate surface area is 448 Å². The zero-order valence-corrected chi connectivity index (χ0v) is 46.9. The van der Waals surface area contributed by atoms with Gasteiger partial charge in [0, 0.05) is 36.8 Å². The third kappa shape index (κ3) is 29.7. The molecule has 0 radical (unpaired) electrons. The van der Waals surface area contributed by atoms with Crippen molar-refractivity contribution in [2.45, 2.75) is 180 Å². The summed E-state index contributed by atoms with van der Waals surface area (Å²) in [4.78, 5) is 71.1. The Morgan fingerprint density at radius 3 is 1.70 bits per heavy atom. The van der Waals surface area contributed by atoms with Crippen molar-refractivity contribution in [1.29, 1.82) is 0 Å². The first kappa shape index (κ1) is 64.8. The van der Waals surface area contributed by atoms with Gasteiger partial charge in [-0.15, -0.1) is 0 Å². The van der Waals surface area contributed by atoms with E-state index >= 15 is 0 Å². The SMILES string of the molecule is CCCCCCCCCCCC(=O)O[C@H](COC(=O)CCCCCCCCCCC(CC)CC)CSC[C@H](NC(=O)OCC1c2ccccc2-c2ccccc21)C(=O)NCCOCCOCCOCCP(=O)(O)O. The molecule has 2 atom stereocenters. The molecule has 0 saturated carbocycles. The van der Waals surface area contributed by atoms with E-state index in [0.717, 1.165) is 66.7 Å². The van der Waals surface area contributed by atoms with E-state index < -0.39 is 31.7 Å². The lowest BCUT2D eigenvalue weighted by molar-refractivity contribution is -0.157. The van der Waals surface area contributed by atoms with Gasteiger partial charge in [0.25, 0.3) is 0 Å². The summed E-state index contributed by atoms with van der Waals surface area (Å²) in [5, 5.41) is 5.60. The number of ether oxygens (including phenoxy) is 6. The highest BCUT2D eigenvalue weighted by atomic mass is 32.2. The van der Waals surface area contributed by atoms with Crippen LogP contribution in [0.5, 0.6) is 0 Å². The molecule has 17 heteroatoms. The van der Waals surface area contributed by atoms with E-state index in [2.05, 4.69) is 43.5 Å². The highest BCUT2D eigenvalue weighted by molar-refractivity contribution is 7.99. The molecular formula is C57H93N2O13PS. The molecule has 74 heavy (non-hydrogen) atoms. The van der Waals surface area contributed by atoms with E-state index in [1.54, 1.807) is 0 Å². The first-order valence-electron chi connectivity index (χ1n) is 28.0. The largest absolute Gasteiger partial charge is 0.462 e. The number of carbonyl (C=O) groups is 4. The Morgan fingerprint density at radius 1 is 0.622 bits per heavy atom. The monoisotopic (exact) mass is 1080 g/mol. The summed E-state index contributed by atoms with van der Waals surface area (Å²) in [5.74, 6) is -0.122. The van der Waals surface area contributed by atoms with E-state index in [0.29, 0.717) is 12.8 Å². The average Bonchev–Trinajstić information content (AvgIpc) is 3.71. The van der Waals surface area contributed by atoms with Crippen LogP contribution >= 0.6 is 19.4 Å². The maximum atomic E-state index is 13.7. The predicted octanol–water partition coefficient (Wildman–Crippen LogP) is 11.7. The second-order valence-electron chi connectivity index (χ2n) is 19.5. The Kier molecular flexibility index (Phi) is 35.6. The van der Waals surface area contributed by atoms with Gasteiger partial charge in [-0.1, -0.05) is 185 Å². The van der Waals surface area contributed by atoms with Crippen molar-refractivity contribution in [3.63, 3.8) is 0 Å². The maximum absolute atomic E-state index is 13.7. The standard InChI is InChI=1S/C57H93N2O13PS/c1-4-7-8-9-10-11-16-19-22-33-55(61)72-47(42-70-54(60)32-21-18-15-13-12-14-17-20-27-46(5-2)6-3)44-74-45-53(56(62)58-34-35-67-36-37-68-38-39-69-40-41-73(64,65)66)59-57(63)71-43-52-50-30-25-23-28-48(50)49-29-24-26-31-51(49)52/h23-26,28-31,46-47,52-53H,4-22,27,32-45H2,1-3H3,(H,58,62)(H,59,63)(H2,64,65,66)/t47-,53+/m1/s1. The molecule has 4 N–H and O–H groups in total. The highest BCUT2D eigenvalue weighted by Gasteiger charge is 2.30. The van der Waals surface area contributed by atoms with Gasteiger partial charge in [0.1, 0.15) is 25.4 Å². The van der Waals surface area contributed by atoms with Crippen LogP contribution in [0.4, 0.5) is 4.79 Å². The molecule has 15 nitrogen and oxygen atoms in total. The lowest BCUT2D eigenvalue weighted by Gasteiger charge is -2.21. The molecule has 0 bridgehead atoms. The third-order valence-corrected chi connectivity index (χ3v) is 15.4. The number of benzene rings is 2. The molecule has 1 aliphatic carbocycles. The number of thioether (sulfide) groups is 1. The Hall–Kier alpha value is -3.50. The number of hydrogen-bond acceptors (Lipinski definition) is 12. The number of nitrogens with one attached hydrogen (secondary N) is 2. The molecule has 2 amide bonds. The molecule has 0 saturated heterocycles. The van der Waals surface area contributed by atoms with Gasteiger partial charge in [-0.2, -0.15) is 11.8 Å². The minimum atomic E-state index is -4.11. The normalized spacial score (nSPS) is 13.1. The third-order valence-electron chi connectivity index (χ3n) is 13.5. The van der Waals surface area contributed by atoms with E-state index in [-0.39, 0.29) is 101 Å². The van der Waals surface area contributed by atoms with Crippen LogP contribution in [0.2, 0.25) is 0 Å². The second-order valence-corrected chi connectivity index (χ2v) is 22.4. The second kappa shape index (κ2) is 40.7. The van der Waals surface area contributed by atoms with Crippen molar-refractivity contribution < 1.29 is 62.0 Å². The number of alkyl carbamates (subject to hydrolysis) is 1. The minimum Gasteiger partial charge on any atom is -0.462 e. The maximum Gasteiger partial charge on any atom is 0.407 e. The predicted molar refractivity (Wildman–Crippen MR) is 295 cm³/mol. The molecule has 2 aromatic rings. The van der Waals surface area contributed by atoms with Gasteiger partial charge in [-0.25, -0.2) is 4.79 Å². The summed E-state index contributed by atoms with van der Waals surface area (Å²) in [6.07, 6.45) is 21.7. The summed E-state index contributed by atoms with van der Waals surface area (Å²) in [5.41, 5.74) is 4.31. The smallest absolute Gasteiger partial charge is 0.407 e. The highest BCUT2D eigenvalue weighted by Crippen LogP contribution is 2.44. The molecule has 0 unspecified atom stereocenters. The molecule has 0 spiro atoms. The van der Waals surface area contributed by atoms with Gasteiger partial charge in [-0.05, 0) is 41.0 Å². The van der Waals surface area contributed by atoms with Gasteiger partial charge in [0.2, 0.25) is 5.91 Å². The number of esters is 2. The lowest BCUT2D eigenvalue weighted by Crippen LogP contribution is -2.49. The van der Waals surface area contributed by atoms with Crippen molar-refractivity contribution in [2.75, 3.05) is 77.1 Å². The van der Waals surface area contributed by atoms with Crippen LogP contribution < -0.4 is 10.6 Å². The summed E-state index contributed by atoms with van der Waals surface area (Å²) in [6, 6.07) is 15.1. The Morgan fingerprint density at radius 2 is 1.14 bits per heavy atom. The number of hydrogen-bond donors (Lipinski definition) is 4. The number of fused-ring (bicyclic) bond motifs is 3. The van der Waals surface area contributed by atoms with E-state index in [1.807, 2.05) is 36.4 Å². The molecule has 2 aromatic carbocycles. The van der Waals surface area contributed by atoms with Gasteiger partial charge >= 0.3 is 25.6 Å². The van der Waals surface area contributed by atoms with Gasteiger partial charge in [-0.3, -0.25) is 18.9 Å². The van der Waals surface area contributed by atoms with E-state index in [9.17, 15) is 23.7 Å². The van der Waals surface area contributed by atoms with Crippen molar-refractivity contribution in [3.8, 4) is 11.1 Å². The molecule has 0 aliphatic heterocycles. The van der Waals surface area contributed by atoms with Crippen LogP contribution in [0.25, 0.3) is 11.1 Å². The van der Waals surface area contributed by atoms with Crippen LogP contribution in [-0.4, -0.2) is 123 Å². The van der Waals surface area contributed by atoms with Gasteiger partial charge in [0.05, 0.1) is 45.8 Å². The summed E-state index contributed by atoms with van der Waals surface area (Å²) in [6.45, 7) is 7.87. The Bertz CT molecular complexity index is 1840. The van der Waals surface area contributed by atoms with Crippen molar-refractivity contribution >= 4 is 43.3 Å². The van der Waals surface area contributed by atoms with Crippen LogP contribution in [0.3, 0.4) is 0 Å². The molecular weight excluding hydrogens is 984 g/mol. The number of carbonyl (C=O) groups excluding carboxylic acids is 4. The quantitative estimate of drug-likeness (QED) is 0.0211. The summed E-state index contributed by atoms with van der Waals surface area (Å²) >= 11 is 1.30. The fourth-order valence-corrected chi connectivity index (χ4v) is 10.4. The molecule has 1 aliphatic rings. The topological polar surface area (TPSA) is 205 Å². The first-order valence-corrected chi connectivity index (χ1v) is 31.0. The lowest BCUT2D eigenvalue weighted by atomic mass is 9.95. The number of unbranched alkanes of at least 4 members (excludes halogenated alkanes) is 15. The fourth-order valence-electron chi connectivity index (χ4n) is 9.04. The van der Waals surface area contributed by atoms with Crippen molar-refractivity contribution in [3.05, 3.63) is 59.7 Å². The number of amides is 2. The van der Waals surface area contributed by atoms with E-state index in [1.165, 1.54) is 95.2 Å². The summed E-state index contributed by atoms with van der Waals surface area (Å²) < 4.78 is 44.6. The van der Waals surface area contributed by atoms with E-state index in [4.69, 9.17) is 38.2 Å². The zero-order valence-electron chi connectivity index (χ0n) is 45.2. The van der Waals surface area contributed by atoms with Crippen LogP contribution in [-0.2, 0) is 47.4 Å². The van der Waals surface area contributed by atoms with Crippen LogP contribution in [0, 0.1) is 5.92 Å². The molecule has 420 valence electrons. The molecule has 0 heterocycles. The van der Waals surface area contributed by atoms with Gasteiger partial charge < -0.3 is 48.8 Å². The minimum absolute atomic E-state index is 0.0673. The zero-order chi connectivity index (χ0) is 53.5. The first-order chi connectivity index (χ1) is 35.9. The summed E-state index contributed by atoms with van der Waals surface area (Å²) in [7, 11) is -4.11. The van der Waals surface area contributed by atoms with Crippen LogP contribution in [0.15, 0.2) is 48.5 Å². The van der Waals surface area contributed by atoms with Crippen molar-refractivity contribution in [2.24, 2.45) is 5.92 Å². The number of rotatable bonds is 46. The fraction of sp³-hybridized carbons (Fsp3) is 0.719. The Balaban J connectivity index is 1.54. The molecule has 0 fully saturated rings. The van der Waals surface area contributed by atoms with Crippen molar-refractivity contribution in [1.82, 2.24) is 10.6 Å². The van der Waals surface area contributed by atoms with Crippen LogP contribution in [0.1, 0.15) is 179 Å². The van der Waals surface area contributed by atoms with Gasteiger partial charge in [0.15, 0.2) is 0 Å². The molecule has 3 rings (SSSR count).